The van der Waals surface area contributed by atoms with E-state index in [1.807, 2.05) is 11.8 Å². The Bertz CT molecular complexity index is 383. The molecule has 1 heterocycles. The van der Waals surface area contributed by atoms with Crippen LogP contribution >= 0.6 is 27.7 Å². The first kappa shape index (κ1) is 11.4. The molecule has 0 aliphatic carbocycles. The fraction of sp³-hybridized carbons (Fsp3) is 0.455. The summed E-state index contributed by atoms with van der Waals surface area (Å²) in [6.07, 6.45) is 0.910. The third kappa shape index (κ3) is 2.37. The third-order valence-electron chi connectivity index (χ3n) is 2.69. The molecule has 0 saturated heterocycles. The van der Waals surface area contributed by atoms with Crippen molar-refractivity contribution in [3.8, 4) is 0 Å². The van der Waals surface area contributed by atoms with Crippen LogP contribution in [0.4, 0.5) is 4.39 Å². The van der Waals surface area contributed by atoms with Gasteiger partial charge in [-0.2, -0.15) is 11.8 Å². The minimum absolute atomic E-state index is 0.0444. The molecule has 1 aromatic carbocycles. The second-order valence-electron chi connectivity index (χ2n) is 3.92. The summed E-state index contributed by atoms with van der Waals surface area (Å²) in [4.78, 5) is 0. The molecule has 2 atom stereocenters. The van der Waals surface area contributed by atoms with Crippen LogP contribution in [0.5, 0.6) is 0 Å². The Morgan fingerprint density at radius 3 is 3.00 bits per heavy atom. The van der Waals surface area contributed by atoms with Crippen molar-refractivity contribution < 1.29 is 4.39 Å². The predicted molar refractivity (Wildman–Crippen MR) is 66.4 cm³/mol. The monoisotopic (exact) mass is 289 g/mol. The van der Waals surface area contributed by atoms with Gasteiger partial charge in [0.2, 0.25) is 0 Å². The van der Waals surface area contributed by atoms with Crippen molar-refractivity contribution >= 4 is 27.7 Å². The number of benzene rings is 1. The number of nitrogens with two attached hydrogens (primary N) is 1. The average molecular weight is 290 g/mol. The van der Waals surface area contributed by atoms with Gasteiger partial charge in [0.25, 0.3) is 0 Å². The standard InChI is InChI=1S/C11H13BrFNS/c1-6-2-11(14)8-3-7(13)4-10(12)9(8)5-15-6/h3-4,6,11H,2,5,14H2,1H3/t6?,11-/m0/s1. The Labute approximate surface area is 102 Å². The lowest BCUT2D eigenvalue weighted by atomic mass is 9.98. The second kappa shape index (κ2) is 4.44. The molecule has 0 aromatic heterocycles. The van der Waals surface area contributed by atoms with Crippen LogP contribution in [0, 0.1) is 5.82 Å². The van der Waals surface area contributed by atoms with E-state index in [0.29, 0.717) is 5.25 Å². The molecule has 1 aliphatic heterocycles. The first-order chi connectivity index (χ1) is 7.08. The Morgan fingerprint density at radius 2 is 2.27 bits per heavy atom. The van der Waals surface area contributed by atoms with Crippen molar-refractivity contribution in [2.24, 2.45) is 5.73 Å². The van der Waals surface area contributed by atoms with E-state index in [0.717, 1.165) is 27.8 Å². The van der Waals surface area contributed by atoms with Crippen molar-refractivity contribution in [1.29, 1.82) is 0 Å². The molecule has 1 aromatic rings. The van der Waals surface area contributed by atoms with Crippen molar-refractivity contribution in [3.63, 3.8) is 0 Å². The minimum Gasteiger partial charge on any atom is -0.324 e. The average Bonchev–Trinajstić information content (AvgIpc) is 2.27. The maximum Gasteiger partial charge on any atom is 0.124 e. The summed E-state index contributed by atoms with van der Waals surface area (Å²) in [5, 5.41) is 0.530. The Morgan fingerprint density at radius 1 is 1.53 bits per heavy atom. The summed E-state index contributed by atoms with van der Waals surface area (Å²) in [5.41, 5.74) is 8.18. The molecule has 0 amide bonds. The Hall–Kier alpha value is -0.0600. The highest BCUT2D eigenvalue weighted by Gasteiger charge is 2.22. The summed E-state index contributed by atoms with van der Waals surface area (Å²) in [6, 6.07) is 3.04. The van der Waals surface area contributed by atoms with Gasteiger partial charge in [-0.25, -0.2) is 4.39 Å². The van der Waals surface area contributed by atoms with Crippen LogP contribution in [0.25, 0.3) is 0 Å². The number of hydrogen-bond donors (Lipinski definition) is 1. The lowest BCUT2D eigenvalue weighted by molar-refractivity contribution is 0.607. The highest BCUT2D eigenvalue weighted by atomic mass is 79.9. The predicted octanol–water partition coefficient (Wildman–Crippen LogP) is 3.61. The number of halogens is 2. The van der Waals surface area contributed by atoms with E-state index in [9.17, 15) is 4.39 Å². The van der Waals surface area contributed by atoms with Gasteiger partial charge in [0, 0.05) is 21.5 Å². The van der Waals surface area contributed by atoms with Gasteiger partial charge in [-0.1, -0.05) is 22.9 Å². The van der Waals surface area contributed by atoms with Gasteiger partial charge in [-0.3, -0.25) is 0 Å². The van der Waals surface area contributed by atoms with E-state index in [4.69, 9.17) is 5.73 Å². The second-order valence-corrected chi connectivity index (χ2v) is 6.20. The van der Waals surface area contributed by atoms with E-state index in [1.165, 1.54) is 6.07 Å². The molecule has 2 N–H and O–H groups in total. The van der Waals surface area contributed by atoms with Gasteiger partial charge in [-0.15, -0.1) is 0 Å². The van der Waals surface area contributed by atoms with Crippen LogP contribution in [0.3, 0.4) is 0 Å². The molecule has 0 fully saturated rings. The van der Waals surface area contributed by atoms with Crippen LogP contribution in [-0.2, 0) is 5.75 Å². The zero-order valence-corrected chi connectivity index (χ0v) is 10.9. The van der Waals surface area contributed by atoms with Crippen LogP contribution in [-0.4, -0.2) is 5.25 Å². The van der Waals surface area contributed by atoms with Gasteiger partial charge in [0.15, 0.2) is 0 Å². The minimum atomic E-state index is -0.212. The molecule has 1 nitrogen and oxygen atoms in total. The smallest absolute Gasteiger partial charge is 0.124 e. The first-order valence-electron chi connectivity index (χ1n) is 4.93. The summed E-state index contributed by atoms with van der Waals surface area (Å²) >= 11 is 5.28. The van der Waals surface area contributed by atoms with Gasteiger partial charge >= 0.3 is 0 Å². The summed E-state index contributed by atoms with van der Waals surface area (Å²) in [7, 11) is 0. The molecule has 0 bridgehead atoms. The lowest BCUT2D eigenvalue weighted by Gasteiger charge is -2.14. The lowest BCUT2D eigenvalue weighted by Crippen LogP contribution is -2.14. The molecular formula is C11H13BrFNS. The molecular weight excluding hydrogens is 277 g/mol. The molecule has 82 valence electrons. The molecule has 1 aliphatic rings. The normalized spacial score (nSPS) is 25.9. The molecule has 0 spiro atoms. The summed E-state index contributed by atoms with van der Waals surface area (Å²) in [5.74, 6) is 0.695. The highest BCUT2D eigenvalue weighted by molar-refractivity contribution is 9.10. The van der Waals surface area contributed by atoms with Crippen LogP contribution < -0.4 is 5.73 Å². The zero-order valence-electron chi connectivity index (χ0n) is 8.47. The van der Waals surface area contributed by atoms with Gasteiger partial charge < -0.3 is 5.73 Å². The largest absolute Gasteiger partial charge is 0.324 e. The van der Waals surface area contributed by atoms with E-state index in [1.54, 1.807) is 6.07 Å². The molecule has 0 radical (unpaired) electrons. The summed E-state index contributed by atoms with van der Waals surface area (Å²) < 4.78 is 14.1. The van der Waals surface area contributed by atoms with Crippen LogP contribution in [0.2, 0.25) is 0 Å². The molecule has 0 saturated carbocycles. The quantitative estimate of drug-likeness (QED) is 0.790. The van der Waals surface area contributed by atoms with Crippen LogP contribution in [0.1, 0.15) is 30.5 Å². The molecule has 1 unspecified atom stereocenters. The maximum atomic E-state index is 13.3. The van der Waals surface area contributed by atoms with E-state index >= 15 is 0 Å². The number of rotatable bonds is 0. The van der Waals surface area contributed by atoms with Crippen molar-refractivity contribution in [3.05, 3.63) is 33.5 Å². The fourth-order valence-corrected chi connectivity index (χ4v) is 3.77. The molecule has 2 rings (SSSR count). The van der Waals surface area contributed by atoms with Gasteiger partial charge in [0.1, 0.15) is 5.82 Å². The Balaban J connectivity index is 2.48. The van der Waals surface area contributed by atoms with Gasteiger partial charge in [-0.05, 0) is 29.7 Å². The fourth-order valence-electron chi connectivity index (χ4n) is 1.88. The van der Waals surface area contributed by atoms with Crippen molar-refractivity contribution in [2.45, 2.75) is 30.4 Å². The number of fused-ring (bicyclic) bond motifs is 1. The van der Waals surface area contributed by atoms with Crippen LogP contribution in [0.15, 0.2) is 16.6 Å². The van der Waals surface area contributed by atoms with E-state index in [2.05, 4.69) is 22.9 Å². The highest BCUT2D eigenvalue weighted by Crippen LogP contribution is 2.37. The SMILES string of the molecule is CC1C[C@H](N)c2cc(F)cc(Br)c2CS1. The maximum absolute atomic E-state index is 13.3. The van der Waals surface area contributed by atoms with Crippen molar-refractivity contribution in [1.82, 2.24) is 0 Å². The van der Waals surface area contributed by atoms with Gasteiger partial charge in [0.05, 0.1) is 0 Å². The van der Waals surface area contributed by atoms with E-state index in [-0.39, 0.29) is 11.9 Å². The van der Waals surface area contributed by atoms with Crippen molar-refractivity contribution in [2.75, 3.05) is 0 Å². The Kier molecular flexibility index (Phi) is 3.38. The number of thioether (sulfide) groups is 1. The zero-order chi connectivity index (χ0) is 11.0. The molecule has 4 heteroatoms. The van der Waals surface area contributed by atoms with E-state index < -0.39 is 0 Å². The first-order valence-corrected chi connectivity index (χ1v) is 6.77. The topological polar surface area (TPSA) is 26.0 Å². The number of hydrogen-bond acceptors (Lipinski definition) is 2. The molecule has 15 heavy (non-hydrogen) atoms. The summed E-state index contributed by atoms with van der Waals surface area (Å²) in [6.45, 7) is 2.17. The third-order valence-corrected chi connectivity index (χ3v) is 4.62.